The molecule has 0 amide bonds. The minimum Gasteiger partial charge on any atom is -0.490 e. The molecule has 1 N–H and O–H groups in total. The van der Waals surface area contributed by atoms with Crippen molar-refractivity contribution in [2.24, 2.45) is 0 Å². The zero-order chi connectivity index (χ0) is 10.6. The molecule has 0 atom stereocenters. The summed E-state index contributed by atoms with van der Waals surface area (Å²) in [5.74, 6) is 1.80. The van der Waals surface area contributed by atoms with E-state index in [2.05, 4.69) is 22.2 Å². The SMILES string of the molecule is CCCNc1nc(C)nc(Cl)c1OC. The van der Waals surface area contributed by atoms with Gasteiger partial charge in [-0.1, -0.05) is 18.5 Å². The van der Waals surface area contributed by atoms with E-state index in [0.717, 1.165) is 13.0 Å². The Kier molecular flexibility index (Phi) is 3.95. The number of aromatic nitrogens is 2. The largest absolute Gasteiger partial charge is 0.490 e. The van der Waals surface area contributed by atoms with Crippen molar-refractivity contribution in [2.75, 3.05) is 19.0 Å². The van der Waals surface area contributed by atoms with Gasteiger partial charge in [0.15, 0.2) is 16.7 Å². The molecule has 0 aliphatic heterocycles. The maximum Gasteiger partial charge on any atom is 0.198 e. The minimum absolute atomic E-state index is 0.346. The summed E-state index contributed by atoms with van der Waals surface area (Å²) in [4.78, 5) is 8.21. The van der Waals surface area contributed by atoms with Gasteiger partial charge in [0.1, 0.15) is 5.82 Å². The number of ether oxygens (including phenoxy) is 1. The highest BCUT2D eigenvalue weighted by Crippen LogP contribution is 2.29. The lowest BCUT2D eigenvalue weighted by atomic mass is 10.4. The third-order valence-corrected chi connectivity index (χ3v) is 1.94. The highest BCUT2D eigenvalue weighted by molar-refractivity contribution is 6.31. The van der Waals surface area contributed by atoms with Gasteiger partial charge >= 0.3 is 0 Å². The standard InChI is InChI=1S/C9H14ClN3O/c1-4-5-11-9-7(14-3)8(10)12-6(2)13-9/h4-5H2,1-3H3,(H,11,12,13). The number of halogens is 1. The molecule has 0 saturated carbocycles. The summed E-state index contributed by atoms with van der Waals surface area (Å²) in [6.07, 6.45) is 1.02. The molecule has 0 aliphatic carbocycles. The molecule has 0 unspecified atom stereocenters. The number of nitrogens with one attached hydrogen (secondary N) is 1. The van der Waals surface area contributed by atoms with Gasteiger partial charge in [0, 0.05) is 6.54 Å². The van der Waals surface area contributed by atoms with Gasteiger partial charge in [-0.2, -0.15) is 0 Å². The van der Waals surface area contributed by atoms with Crippen LogP contribution in [0.25, 0.3) is 0 Å². The fourth-order valence-corrected chi connectivity index (χ4v) is 1.36. The van der Waals surface area contributed by atoms with Crippen LogP contribution >= 0.6 is 11.6 Å². The summed E-state index contributed by atoms with van der Waals surface area (Å²) < 4.78 is 5.11. The smallest absolute Gasteiger partial charge is 0.198 e. The number of aryl methyl sites for hydroxylation is 1. The zero-order valence-corrected chi connectivity index (χ0v) is 9.35. The van der Waals surface area contributed by atoms with Gasteiger partial charge in [0.25, 0.3) is 0 Å². The van der Waals surface area contributed by atoms with Crippen molar-refractivity contribution in [1.82, 2.24) is 9.97 Å². The minimum atomic E-state index is 0.346. The third kappa shape index (κ3) is 2.48. The fraction of sp³-hybridized carbons (Fsp3) is 0.556. The van der Waals surface area contributed by atoms with Crippen LogP contribution in [0.3, 0.4) is 0 Å². The van der Waals surface area contributed by atoms with E-state index in [1.54, 1.807) is 14.0 Å². The van der Waals surface area contributed by atoms with E-state index < -0.39 is 0 Å². The Labute approximate surface area is 88.7 Å². The third-order valence-electron chi connectivity index (χ3n) is 1.68. The summed E-state index contributed by atoms with van der Waals surface area (Å²) >= 11 is 5.90. The second kappa shape index (κ2) is 5.00. The molecule has 0 fully saturated rings. The van der Waals surface area contributed by atoms with E-state index in [1.807, 2.05) is 0 Å². The average molecular weight is 216 g/mol. The molecule has 1 rings (SSSR count). The second-order valence-electron chi connectivity index (χ2n) is 2.87. The number of nitrogens with zero attached hydrogens (tertiary/aromatic N) is 2. The number of rotatable bonds is 4. The van der Waals surface area contributed by atoms with Crippen LogP contribution in [0.5, 0.6) is 5.75 Å². The van der Waals surface area contributed by atoms with Crippen molar-refractivity contribution >= 4 is 17.4 Å². The van der Waals surface area contributed by atoms with Crippen molar-refractivity contribution in [3.8, 4) is 5.75 Å². The Hall–Kier alpha value is -1.03. The summed E-state index contributed by atoms with van der Waals surface area (Å²) in [7, 11) is 1.55. The molecule has 0 saturated heterocycles. The summed E-state index contributed by atoms with van der Waals surface area (Å²) in [6, 6.07) is 0. The monoisotopic (exact) mass is 215 g/mol. The van der Waals surface area contributed by atoms with Gasteiger partial charge in [-0.15, -0.1) is 0 Å². The molecule has 0 aromatic carbocycles. The molecular formula is C9H14ClN3O. The number of anilines is 1. The van der Waals surface area contributed by atoms with E-state index in [9.17, 15) is 0 Å². The van der Waals surface area contributed by atoms with Crippen LogP contribution in [-0.2, 0) is 0 Å². The first-order valence-corrected chi connectivity index (χ1v) is 4.88. The Bertz CT molecular complexity index is 317. The molecule has 4 nitrogen and oxygen atoms in total. The molecule has 1 aromatic heterocycles. The van der Waals surface area contributed by atoms with Gasteiger partial charge in [-0.25, -0.2) is 9.97 Å². The van der Waals surface area contributed by atoms with Crippen molar-refractivity contribution in [2.45, 2.75) is 20.3 Å². The number of hydrogen-bond donors (Lipinski definition) is 1. The topological polar surface area (TPSA) is 47.0 Å². The highest BCUT2D eigenvalue weighted by atomic mass is 35.5. The molecule has 1 aromatic rings. The molecule has 5 heteroatoms. The van der Waals surface area contributed by atoms with E-state index in [1.165, 1.54) is 0 Å². The van der Waals surface area contributed by atoms with Crippen molar-refractivity contribution in [3.63, 3.8) is 0 Å². The van der Waals surface area contributed by atoms with Crippen LogP contribution in [0.2, 0.25) is 5.15 Å². The Morgan fingerprint density at radius 2 is 2.14 bits per heavy atom. The molecule has 14 heavy (non-hydrogen) atoms. The Morgan fingerprint density at radius 3 is 2.71 bits per heavy atom. The number of hydrogen-bond acceptors (Lipinski definition) is 4. The van der Waals surface area contributed by atoms with Gasteiger partial charge in [0.2, 0.25) is 0 Å². The zero-order valence-electron chi connectivity index (χ0n) is 8.59. The summed E-state index contributed by atoms with van der Waals surface area (Å²) in [5.41, 5.74) is 0. The van der Waals surface area contributed by atoms with Crippen LogP contribution in [0, 0.1) is 6.92 Å². The average Bonchev–Trinajstić information content (AvgIpc) is 2.14. The molecule has 78 valence electrons. The van der Waals surface area contributed by atoms with Crippen LogP contribution < -0.4 is 10.1 Å². The van der Waals surface area contributed by atoms with Gasteiger partial charge in [-0.05, 0) is 13.3 Å². The Morgan fingerprint density at radius 1 is 1.43 bits per heavy atom. The molecule has 0 aliphatic rings. The normalized spacial score (nSPS) is 10.0. The highest BCUT2D eigenvalue weighted by Gasteiger charge is 2.10. The molecule has 1 heterocycles. The lowest BCUT2D eigenvalue weighted by Gasteiger charge is -2.10. The van der Waals surface area contributed by atoms with Crippen LogP contribution in [0.4, 0.5) is 5.82 Å². The lowest BCUT2D eigenvalue weighted by Crippen LogP contribution is -2.06. The summed E-state index contributed by atoms with van der Waals surface area (Å²) in [6.45, 7) is 4.71. The molecule has 0 bridgehead atoms. The van der Waals surface area contributed by atoms with Crippen LogP contribution in [0.1, 0.15) is 19.2 Å². The predicted octanol–water partition coefficient (Wildman–Crippen LogP) is 2.27. The van der Waals surface area contributed by atoms with Crippen molar-refractivity contribution in [3.05, 3.63) is 11.0 Å². The first-order valence-electron chi connectivity index (χ1n) is 4.51. The molecule has 0 radical (unpaired) electrons. The maximum atomic E-state index is 5.90. The summed E-state index contributed by atoms with van der Waals surface area (Å²) in [5, 5.41) is 3.48. The van der Waals surface area contributed by atoms with E-state index in [0.29, 0.717) is 22.5 Å². The maximum absolute atomic E-state index is 5.90. The van der Waals surface area contributed by atoms with Crippen LogP contribution in [-0.4, -0.2) is 23.6 Å². The van der Waals surface area contributed by atoms with E-state index in [4.69, 9.17) is 16.3 Å². The van der Waals surface area contributed by atoms with Crippen molar-refractivity contribution < 1.29 is 4.74 Å². The van der Waals surface area contributed by atoms with E-state index >= 15 is 0 Å². The molecular weight excluding hydrogens is 202 g/mol. The van der Waals surface area contributed by atoms with Gasteiger partial charge in [-0.3, -0.25) is 0 Å². The fourth-order valence-electron chi connectivity index (χ4n) is 1.07. The van der Waals surface area contributed by atoms with Gasteiger partial charge in [0.05, 0.1) is 7.11 Å². The quantitative estimate of drug-likeness (QED) is 0.783. The van der Waals surface area contributed by atoms with Crippen molar-refractivity contribution in [1.29, 1.82) is 0 Å². The molecule has 0 spiro atoms. The second-order valence-corrected chi connectivity index (χ2v) is 3.23. The first kappa shape index (κ1) is 11.0. The predicted molar refractivity (Wildman–Crippen MR) is 57.1 cm³/mol. The van der Waals surface area contributed by atoms with Crippen LogP contribution in [0.15, 0.2) is 0 Å². The number of methoxy groups -OCH3 is 1. The van der Waals surface area contributed by atoms with Gasteiger partial charge < -0.3 is 10.1 Å². The Balaban J connectivity index is 2.99. The first-order chi connectivity index (χ1) is 6.69. The van der Waals surface area contributed by atoms with E-state index in [-0.39, 0.29) is 0 Å². The lowest BCUT2D eigenvalue weighted by molar-refractivity contribution is 0.412.